The van der Waals surface area contributed by atoms with Gasteiger partial charge in [-0.1, -0.05) is 19.9 Å². The third kappa shape index (κ3) is 3.60. The Hall–Kier alpha value is -3.90. The van der Waals surface area contributed by atoms with Crippen LogP contribution in [0.1, 0.15) is 85.3 Å². The van der Waals surface area contributed by atoms with Crippen LogP contribution in [0.3, 0.4) is 0 Å². The molecule has 1 unspecified atom stereocenters. The number of fused-ring (bicyclic) bond motifs is 2. The third-order valence-electron chi connectivity index (χ3n) is 7.00. The summed E-state index contributed by atoms with van der Waals surface area (Å²) in [5, 5.41) is 16.2. The molecule has 186 valence electrons. The maximum absolute atomic E-state index is 12.5. The number of benzene rings is 1. The Morgan fingerprint density at radius 1 is 1.17 bits per heavy atom. The molecular weight excluding hydrogens is 454 g/mol. The molecule has 1 saturated heterocycles. The number of nitrogens with zero attached hydrogens (tertiary/aromatic N) is 5. The van der Waals surface area contributed by atoms with E-state index in [4.69, 9.17) is 16.2 Å². The Balaban J connectivity index is 0.00000130. The quantitative estimate of drug-likeness (QED) is 0.424. The van der Waals surface area contributed by atoms with Gasteiger partial charge in [0, 0.05) is 29.5 Å². The highest BCUT2D eigenvalue weighted by Gasteiger charge is 2.32. The molecule has 1 atom stereocenters. The largest absolute Gasteiger partial charge is 0.384 e. The van der Waals surface area contributed by atoms with Crippen molar-refractivity contribution < 1.29 is 9.53 Å². The Kier molecular flexibility index (Phi) is 6.14. The van der Waals surface area contributed by atoms with E-state index in [0.717, 1.165) is 60.0 Å². The van der Waals surface area contributed by atoms with Crippen molar-refractivity contribution in [3.8, 4) is 11.8 Å². The number of ether oxygens (including phenoxy) is 1. The molecule has 9 nitrogen and oxygen atoms in total. The second kappa shape index (κ2) is 9.28. The van der Waals surface area contributed by atoms with E-state index in [-0.39, 0.29) is 23.5 Å². The Morgan fingerprint density at radius 2 is 1.94 bits per heavy atom. The number of carbonyl (C=O) groups is 1. The van der Waals surface area contributed by atoms with Crippen LogP contribution in [0.25, 0.3) is 27.5 Å². The normalized spacial score (nSPS) is 17.6. The summed E-state index contributed by atoms with van der Waals surface area (Å²) < 4.78 is 9.69. The summed E-state index contributed by atoms with van der Waals surface area (Å²) >= 11 is 0. The van der Waals surface area contributed by atoms with Gasteiger partial charge in [0.2, 0.25) is 0 Å². The van der Waals surface area contributed by atoms with Gasteiger partial charge >= 0.3 is 0 Å². The second-order valence-electron chi connectivity index (χ2n) is 9.20. The summed E-state index contributed by atoms with van der Waals surface area (Å²) in [5.74, 6) is -0.197. The van der Waals surface area contributed by atoms with Crippen LogP contribution in [0.4, 0.5) is 5.82 Å². The number of carbonyl (C=O) groups excluding carboxylic acids is 1. The Bertz CT molecular complexity index is 1520. The molecule has 0 bridgehead atoms. The third-order valence-corrected chi connectivity index (χ3v) is 7.00. The molecule has 4 N–H and O–H groups in total. The maximum atomic E-state index is 12.5. The molecule has 1 aliphatic carbocycles. The van der Waals surface area contributed by atoms with Crippen LogP contribution in [0, 0.1) is 18.3 Å². The van der Waals surface area contributed by atoms with Gasteiger partial charge in [-0.3, -0.25) is 14.3 Å². The summed E-state index contributed by atoms with van der Waals surface area (Å²) in [5.41, 5.74) is 16.9. The highest BCUT2D eigenvalue weighted by atomic mass is 16.5. The first kappa shape index (κ1) is 23.8. The lowest BCUT2D eigenvalue weighted by molar-refractivity contribution is -0.0366. The minimum atomic E-state index is -0.651. The van der Waals surface area contributed by atoms with Crippen LogP contribution >= 0.6 is 0 Å². The van der Waals surface area contributed by atoms with E-state index in [2.05, 4.69) is 16.2 Å². The molecule has 9 heteroatoms. The Morgan fingerprint density at radius 3 is 2.58 bits per heavy atom. The molecule has 1 aromatic carbocycles. The van der Waals surface area contributed by atoms with E-state index in [1.165, 1.54) is 0 Å². The van der Waals surface area contributed by atoms with Gasteiger partial charge < -0.3 is 16.2 Å². The molecule has 6 rings (SSSR count). The second-order valence-corrected chi connectivity index (χ2v) is 9.20. The summed E-state index contributed by atoms with van der Waals surface area (Å²) in [6, 6.07) is 6.37. The number of aryl methyl sites for hydroxylation is 1. The number of pyridine rings is 1. The molecule has 2 fully saturated rings. The SMILES string of the molecule is CC.Cc1ccc2c(cnn2C2CCCCO2)c1-n1c(N)c(C(N)=O)c2cnc(C3CC3)c(C#N)c21. The minimum Gasteiger partial charge on any atom is -0.384 e. The minimum absolute atomic E-state index is 0.123. The molecule has 2 aliphatic rings. The van der Waals surface area contributed by atoms with Gasteiger partial charge in [-0.15, -0.1) is 0 Å². The molecule has 36 heavy (non-hydrogen) atoms. The number of nitrogen functional groups attached to an aromatic ring is 1. The number of hydrogen-bond acceptors (Lipinski definition) is 6. The molecule has 1 amide bonds. The zero-order chi connectivity index (χ0) is 25.6. The number of nitriles is 1. The fourth-order valence-corrected chi connectivity index (χ4v) is 5.23. The van der Waals surface area contributed by atoms with Gasteiger partial charge in [-0.25, -0.2) is 4.68 Å². The molecule has 1 saturated carbocycles. The van der Waals surface area contributed by atoms with E-state index in [9.17, 15) is 10.1 Å². The Labute approximate surface area is 209 Å². The van der Waals surface area contributed by atoms with E-state index in [1.807, 2.05) is 37.6 Å². The first-order chi connectivity index (χ1) is 17.5. The smallest absolute Gasteiger partial charge is 0.253 e. The van der Waals surface area contributed by atoms with E-state index in [0.29, 0.717) is 23.1 Å². The predicted octanol–water partition coefficient (Wildman–Crippen LogP) is 4.84. The molecule has 4 heterocycles. The van der Waals surface area contributed by atoms with Crippen LogP contribution in [-0.4, -0.2) is 31.8 Å². The lowest BCUT2D eigenvalue weighted by atomic mass is 10.1. The number of amides is 1. The molecule has 4 aromatic rings. The fourth-order valence-electron chi connectivity index (χ4n) is 5.23. The first-order valence-corrected chi connectivity index (χ1v) is 12.6. The molecule has 1 aliphatic heterocycles. The highest BCUT2D eigenvalue weighted by Crippen LogP contribution is 2.44. The monoisotopic (exact) mass is 485 g/mol. The molecular formula is C27H31N7O2. The van der Waals surface area contributed by atoms with E-state index >= 15 is 0 Å². The van der Waals surface area contributed by atoms with Crippen LogP contribution in [-0.2, 0) is 4.74 Å². The fraction of sp³-hybridized carbons (Fsp3) is 0.407. The van der Waals surface area contributed by atoms with Crippen molar-refractivity contribution in [1.29, 1.82) is 5.26 Å². The van der Waals surface area contributed by atoms with Crippen LogP contribution in [0.2, 0.25) is 0 Å². The van der Waals surface area contributed by atoms with Crippen molar-refractivity contribution in [2.75, 3.05) is 12.3 Å². The molecule has 0 radical (unpaired) electrons. The summed E-state index contributed by atoms with van der Waals surface area (Å²) in [4.78, 5) is 17.0. The topological polar surface area (TPSA) is 138 Å². The van der Waals surface area contributed by atoms with Gasteiger partial charge in [-0.05, 0) is 50.7 Å². The van der Waals surface area contributed by atoms with Crippen molar-refractivity contribution in [3.05, 3.63) is 46.9 Å². The number of aromatic nitrogens is 4. The number of anilines is 1. The van der Waals surface area contributed by atoms with Gasteiger partial charge in [-0.2, -0.15) is 10.4 Å². The van der Waals surface area contributed by atoms with E-state index < -0.39 is 5.91 Å². The zero-order valence-electron chi connectivity index (χ0n) is 20.9. The van der Waals surface area contributed by atoms with Crippen molar-refractivity contribution in [2.24, 2.45) is 5.73 Å². The molecule has 0 spiro atoms. The zero-order valence-corrected chi connectivity index (χ0v) is 20.9. The van der Waals surface area contributed by atoms with E-state index in [1.54, 1.807) is 17.0 Å². The van der Waals surface area contributed by atoms with Gasteiger partial charge in [0.05, 0.1) is 39.7 Å². The van der Waals surface area contributed by atoms with Crippen LogP contribution in [0.15, 0.2) is 24.5 Å². The maximum Gasteiger partial charge on any atom is 0.253 e. The lowest BCUT2D eigenvalue weighted by Gasteiger charge is -2.23. The highest BCUT2D eigenvalue weighted by molar-refractivity contribution is 6.13. The number of hydrogen-bond donors (Lipinski definition) is 2. The number of rotatable bonds is 4. The van der Waals surface area contributed by atoms with Crippen molar-refractivity contribution in [1.82, 2.24) is 19.3 Å². The standard InChI is InChI=1S/C25H25N7O2.C2H6/c1-13-5-8-18-16(12-30-32(18)19-4-2-3-9-34-19)22(13)31-23-15(10-26)21(14-6-7-14)29-11-17(23)20(24(31)27)25(28)33;1-2/h5,8,11-12,14,19H,2-4,6-7,9,27H2,1H3,(H2,28,33);1-2H3. The van der Waals surface area contributed by atoms with Crippen molar-refractivity contribution >= 4 is 33.5 Å². The summed E-state index contributed by atoms with van der Waals surface area (Å²) in [6.07, 6.45) is 8.34. The van der Waals surface area contributed by atoms with Gasteiger partial charge in [0.25, 0.3) is 5.91 Å². The van der Waals surface area contributed by atoms with Gasteiger partial charge in [0.1, 0.15) is 11.9 Å². The average Bonchev–Trinajstić information content (AvgIpc) is 3.58. The van der Waals surface area contributed by atoms with Crippen molar-refractivity contribution in [2.45, 2.75) is 65.0 Å². The number of primary amides is 1. The number of nitrogens with two attached hydrogens (primary N) is 2. The summed E-state index contributed by atoms with van der Waals surface area (Å²) in [7, 11) is 0. The van der Waals surface area contributed by atoms with Gasteiger partial charge in [0.15, 0.2) is 6.23 Å². The first-order valence-electron chi connectivity index (χ1n) is 12.6. The van der Waals surface area contributed by atoms with Crippen LogP contribution < -0.4 is 11.5 Å². The van der Waals surface area contributed by atoms with Crippen LogP contribution in [0.5, 0.6) is 0 Å². The average molecular weight is 486 g/mol. The van der Waals surface area contributed by atoms with Crippen molar-refractivity contribution in [3.63, 3.8) is 0 Å². The molecule has 3 aromatic heterocycles. The lowest BCUT2D eigenvalue weighted by Crippen LogP contribution is -2.19. The summed E-state index contributed by atoms with van der Waals surface area (Å²) in [6.45, 7) is 6.69. The predicted molar refractivity (Wildman–Crippen MR) is 139 cm³/mol.